The number of nitrogens with zero attached hydrogens (tertiary/aromatic N) is 5. The molecule has 5 fully saturated rings. The quantitative estimate of drug-likeness (QED) is 0.0672. The van der Waals surface area contributed by atoms with Gasteiger partial charge in [-0.15, -0.1) is 0 Å². The highest BCUT2D eigenvalue weighted by molar-refractivity contribution is 7.90. The lowest BCUT2D eigenvalue weighted by Gasteiger charge is -2.56. The molecule has 1 atom stereocenters. The number of carbonyl (C=O) groups is 1. The molecule has 1 saturated carbocycles. The van der Waals surface area contributed by atoms with Crippen molar-refractivity contribution in [3.63, 3.8) is 0 Å². The summed E-state index contributed by atoms with van der Waals surface area (Å²) in [6, 6.07) is 19.8. The number of anilines is 2. The Labute approximate surface area is 397 Å². The fourth-order valence-electron chi connectivity index (χ4n) is 11.5. The van der Waals surface area contributed by atoms with Gasteiger partial charge in [-0.1, -0.05) is 38.1 Å². The standard InChI is InChI=1S/C51H61FN8O7S/c1-33(2)40-6-3-4-7-41(40)45-8-5-19-59(45)36-28-51(29-36)15-22-58(23-16-51)46-27-48(67-38-24-35-12-18-54-49(35)55-30-38)42(26-43(46)52)50(61)56-68(64,65)39-9-10-44(47(25-39)60(62)63)53-17-11-34-13-20-57(21-14-34)37-31-66-32-37/h3-4,6-7,9-10,12,18,24-27,30,33-34,36-37,45,53H,5,8,11,13-17,19-23,28-29,31-32H2,1-2H3,(H,54,55)(H,56,61). The van der Waals surface area contributed by atoms with Crippen LogP contribution in [-0.2, 0) is 14.8 Å². The second kappa shape index (κ2) is 19.1. The Morgan fingerprint density at radius 1 is 1.00 bits per heavy atom. The average molecular weight is 949 g/mol. The maximum absolute atomic E-state index is 16.4. The molecule has 68 heavy (non-hydrogen) atoms. The summed E-state index contributed by atoms with van der Waals surface area (Å²) in [6.07, 6.45) is 12.4. The molecule has 4 aliphatic heterocycles. The van der Waals surface area contributed by atoms with Gasteiger partial charge in [-0.2, -0.15) is 0 Å². The fraction of sp³-hybridized carbons (Fsp3) is 0.490. The lowest BCUT2D eigenvalue weighted by atomic mass is 9.59. The van der Waals surface area contributed by atoms with E-state index in [4.69, 9.17) is 9.47 Å². The fourth-order valence-corrected chi connectivity index (χ4v) is 12.5. The molecule has 0 radical (unpaired) electrons. The number of halogens is 1. The third-order valence-electron chi connectivity index (χ3n) is 15.5. The number of aromatic nitrogens is 2. The van der Waals surface area contributed by atoms with Gasteiger partial charge in [0.25, 0.3) is 21.6 Å². The Balaban J connectivity index is 0.824. The summed E-state index contributed by atoms with van der Waals surface area (Å²) in [5, 5.41) is 16.1. The average Bonchev–Trinajstić information content (AvgIpc) is 3.99. The zero-order valence-corrected chi connectivity index (χ0v) is 39.6. The number of sulfonamides is 1. The third kappa shape index (κ3) is 9.41. The lowest BCUT2D eigenvalue weighted by Crippen LogP contribution is -2.55. The van der Waals surface area contributed by atoms with Crippen molar-refractivity contribution in [3.05, 3.63) is 112 Å². The molecule has 5 aromatic rings. The third-order valence-corrected chi connectivity index (χ3v) is 16.8. The van der Waals surface area contributed by atoms with Crippen molar-refractivity contribution in [2.45, 2.75) is 101 Å². The van der Waals surface area contributed by atoms with Crippen molar-refractivity contribution in [2.24, 2.45) is 11.3 Å². The molecule has 4 saturated heterocycles. The van der Waals surface area contributed by atoms with Gasteiger partial charge in [0.15, 0.2) is 0 Å². The number of likely N-dealkylation sites (tertiary alicyclic amines) is 2. The summed E-state index contributed by atoms with van der Waals surface area (Å²) in [6.45, 7) is 10.9. The Kier molecular flexibility index (Phi) is 12.9. The minimum Gasteiger partial charge on any atom is -0.455 e. The number of carbonyl (C=O) groups excluding carboxylic acids is 1. The topological polar surface area (TPSA) is 175 Å². The molecule has 1 spiro atoms. The van der Waals surface area contributed by atoms with E-state index >= 15 is 4.39 Å². The Morgan fingerprint density at radius 3 is 2.51 bits per heavy atom. The molecule has 2 aromatic heterocycles. The minimum atomic E-state index is -4.68. The number of nitrogens with one attached hydrogen (secondary N) is 3. The first-order chi connectivity index (χ1) is 32.8. The summed E-state index contributed by atoms with van der Waals surface area (Å²) < 4.78 is 57.6. The van der Waals surface area contributed by atoms with Crippen LogP contribution in [0.4, 0.5) is 21.5 Å². The van der Waals surface area contributed by atoms with Gasteiger partial charge in [0.05, 0.1) is 46.5 Å². The molecular weight excluding hydrogens is 888 g/mol. The van der Waals surface area contributed by atoms with E-state index in [2.05, 4.69) is 63.2 Å². The van der Waals surface area contributed by atoms with Crippen LogP contribution in [0.5, 0.6) is 11.5 Å². The second-order valence-corrected chi connectivity index (χ2v) is 21.7. The first-order valence-electron chi connectivity index (χ1n) is 24.3. The zero-order chi connectivity index (χ0) is 47.2. The van der Waals surface area contributed by atoms with Crippen molar-refractivity contribution in [1.82, 2.24) is 24.5 Å². The number of benzene rings is 3. The van der Waals surface area contributed by atoms with E-state index in [0.29, 0.717) is 55.2 Å². The number of piperidine rings is 2. The summed E-state index contributed by atoms with van der Waals surface area (Å²) in [4.78, 5) is 39.7. The van der Waals surface area contributed by atoms with Crippen LogP contribution in [0.3, 0.4) is 0 Å². The van der Waals surface area contributed by atoms with Crippen LogP contribution in [0.2, 0.25) is 0 Å². The van der Waals surface area contributed by atoms with Crippen molar-refractivity contribution in [2.75, 3.05) is 62.7 Å². The molecule has 1 unspecified atom stereocenters. The molecule has 17 heteroatoms. The summed E-state index contributed by atoms with van der Waals surface area (Å²) in [5.74, 6) is -0.731. The van der Waals surface area contributed by atoms with Crippen molar-refractivity contribution in [3.8, 4) is 11.5 Å². The van der Waals surface area contributed by atoms with Crippen molar-refractivity contribution in [1.29, 1.82) is 0 Å². The Morgan fingerprint density at radius 2 is 1.78 bits per heavy atom. The lowest BCUT2D eigenvalue weighted by molar-refractivity contribution is -0.384. The highest BCUT2D eigenvalue weighted by Crippen LogP contribution is 2.54. The summed E-state index contributed by atoms with van der Waals surface area (Å²) >= 11 is 0. The first kappa shape index (κ1) is 46.1. The van der Waals surface area contributed by atoms with Crippen LogP contribution in [0.1, 0.15) is 105 Å². The van der Waals surface area contributed by atoms with Crippen molar-refractivity contribution < 1.29 is 32.0 Å². The van der Waals surface area contributed by atoms with E-state index in [-0.39, 0.29) is 33.9 Å². The van der Waals surface area contributed by atoms with Gasteiger partial charge in [-0.05, 0) is 136 Å². The van der Waals surface area contributed by atoms with E-state index < -0.39 is 37.3 Å². The van der Waals surface area contributed by atoms with Crippen LogP contribution < -0.4 is 19.7 Å². The van der Waals surface area contributed by atoms with Gasteiger partial charge in [0.2, 0.25) is 0 Å². The van der Waals surface area contributed by atoms with Crippen molar-refractivity contribution >= 4 is 44.0 Å². The van der Waals surface area contributed by atoms with Gasteiger partial charge < -0.3 is 24.7 Å². The molecule has 10 rings (SSSR count). The number of nitro benzene ring substituents is 1. The SMILES string of the molecule is CC(C)c1ccccc1C1CCCN1C1CC2(CCN(c3cc(Oc4cnc5[nH]ccc5c4)c(C(=O)NS(=O)(=O)c4ccc(NCCC5CCN(C6COC6)CC5)c([N+](=O)[O-])c4)cc3F)CC2)C1. The number of H-pyrrole nitrogens is 1. The van der Waals surface area contributed by atoms with E-state index in [1.54, 1.807) is 12.3 Å². The highest BCUT2D eigenvalue weighted by Gasteiger charge is 2.50. The molecule has 3 N–H and O–H groups in total. The number of hydrogen-bond donors (Lipinski definition) is 3. The largest absolute Gasteiger partial charge is 0.455 e. The number of rotatable bonds is 15. The number of ether oxygens (including phenoxy) is 2. The first-order valence-corrected chi connectivity index (χ1v) is 25.8. The summed E-state index contributed by atoms with van der Waals surface area (Å²) in [7, 11) is -4.68. The van der Waals surface area contributed by atoms with Gasteiger partial charge in [-0.25, -0.2) is 22.5 Å². The smallest absolute Gasteiger partial charge is 0.293 e. The number of aromatic amines is 1. The predicted molar refractivity (Wildman–Crippen MR) is 258 cm³/mol. The molecular formula is C51H61FN8O7S. The number of pyridine rings is 1. The van der Waals surface area contributed by atoms with Gasteiger partial charge in [0.1, 0.15) is 28.7 Å². The van der Waals surface area contributed by atoms with E-state index in [0.717, 1.165) is 95.3 Å². The number of nitro groups is 1. The normalized spacial score (nSPS) is 20.7. The van der Waals surface area contributed by atoms with Crippen LogP contribution in [0.15, 0.2) is 84.0 Å². The molecule has 1 aliphatic carbocycles. The molecule has 0 bridgehead atoms. The Bertz CT molecular complexity index is 2780. The van der Waals surface area contributed by atoms with Gasteiger partial charge in [0, 0.05) is 55.4 Å². The van der Waals surface area contributed by atoms with E-state index in [1.165, 1.54) is 48.4 Å². The monoisotopic (exact) mass is 948 g/mol. The zero-order valence-electron chi connectivity index (χ0n) is 38.8. The van der Waals surface area contributed by atoms with Crippen LogP contribution >= 0.6 is 0 Å². The van der Waals surface area contributed by atoms with Gasteiger partial charge in [-0.3, -0.25) is 24.7 Å². The van der Waals surface area contributed by atoms with E-state index in [1.807, 2.05) is 15.7 Å². The highest BCUT2D eigenvalue weighted by atomic mass is 32.2. The van der Waals surface area contributed by atoms with Gasteiger partial charge >= 0.3 is 0 Å². The maximum atomic E-state index is 16.4. The maximum Gasteiger partial charge on any atom is 0.293 e. The van der Waals surface area contributed by atoms with Crippen LogP contribution in [0.25, 0.3) is 11.0 Å². The number of fused-ring (bicyclic) bond motifs is 1. The predicted octanol–water partition coefficient (Wildman–Crippen LogP) is 9.14. The molecule has 360 valence electrons. The van der Waals surface area contributed by atoms with Crippen LogP contribution in [-0.4, -0.2) is 104 Å². The number of hydrogen-bond acceptors (Lipinski definition) is 12. The van der Waals surface area contributed by atoms with Crippen LogP contribution in [0, 0.1) is 27.3 Å². The number of amides is 1. The summed E-state index contributed by atoms with van der Waals surface area (Å²) in [5.41, 5.74) is 3.31. The minimum absolute atomic E-state index is 0.0650. The Hall–Kier alpha value is -5.62. The molecule has 6 heterocycles. The molecule has 1 amide bonds. The second-order valence-electron chi connectivity index (χ2n) is 20.0. The molecule has 15 nitrogen and oxygen atoms in total. The van der Waals surface area contributed by atoms with E-state index in [9.17, 15) is 23.3 Å². The molecule has 5 aliphatic rings. The molecule has 3 aromatic carbocycles.